The Labute approximate surface area is 132 Å². The first-order valence-electron chi connectivity index (χ1n) is 6.34. The van der Waals surface area contributed by atoms with Crippen molar-refractivity contribution in [1.82, 2.24) is 5.16 Å². The molecule has 1 amide bonds. The van der Waals surface area contributed by atoms with Crippen molar-refractivity contribution in [2.45, 2.75) is 26.7 Å². The highest BCUT2D eigenvalue weighted by atomic mass is 35.5. The average Bonchev–Trinajstić information content (AvgIpc) is 2.73. The van der Waals surface area contributed by atoms with Gasteiger partial charge in [-0.3, -0.25) is 4.79 Å². The molecule has 112 valence electrons. The summed E-state index contributed by atoms with van der Waals surface area (Å²) in [6, 6.07) is 3.13. The molecule has 7 heteroatoms. The van der Waals surface area contributed by atoms with Gasteiger partial charge >= 0.3 is 0 Å². The number of anilines is 2. The van der Waals surface area contributed by atoms with E-state index in [0.717, 1.165) is 17.0 Å². The van der Waals surface area contributed by atoms with E-state index >= 15 is 0 Å². The van der Waals surface area contributed by atoms with Crippen LogP contribution in [0.25, 0.3) is 0 Å². The van der Waals surface area contributed by atoms with E-state index < -0.39 is 0 Å². The van der Waals surface area contributed by atoms with Crippen LogP contribution in [0.4, 0.5) is 11.4 Å². The lowest BCUT2D eigenvalue weighted by molar-refractivity contribution is -0.116. The summed E-state index contributed by atoms with van der Waals surface area (Å²) in [5.41, 5.74) is 8.22. The molecule has 0 saturated carbocycles. The van der Waals surface area contributed by atoms with E-state index in [9.17, 15) is 4.79 Å². The van der Waals surface area contributed by atoms with Crippen LogP contribution in [0.2, 0.25) is 10.0 Å². The minimum absolute atomic E-state index is 0.146. The molecule has 0 unspecified atom stereocenters. The zero-order valence-corrected chi connectivity index (χ0v) is 13.2. The largest absolute Gasteiger partial charge is 0.396 e. The first-order chi connectivity index (χ1) is 9.88. The zero-order chi connectivity index (χ0) is 15.6. The van der Waals surface area contributed by atoms with Gasteiger partial charge in [-0.25, -0.2) is 0 Å². The van der Waals surface area contributed by atoms with Gasteiger partial charge in [0.2, 0.25) is 5.91 Å². The predicted molar refractivity (Wildman–Crippen MR) is 83.8 cm³/mol. The normalized spacial score (nSPS) is 10.7. The molecule has 0 saturated heterocycles. The number of hydrogen-bond acceptors (Lipinski definition) is 4. The summed E-state index contributed by atoms with van der Waals surface area (Å²) in [7, 11) is 0. The van der Waals surface area contributed by atoms with Crippen molar-refractivity contribution >= 4 is 40.5 Å². The van der Waals surface area contributed by atoms with Crippen LogP contribution < -0.4 is 11.1 Å². The fourth-order valence-electron chi connectivity index (χ4n) is 1.98. The monoisotopic (exact) mass is 327 g/mol. The molecule has 0 spiro atoms. The van der Waals surface area contributed by atoms with Gasteiger partial charge in [-0.05, 0) is 32.4 Å². The van der Waals surface area contributed by atoms with Crippen molar-refractivity contribution in [2.75, 3.05) is 11.1 Å². The van der Waals surface area contributed by atoms with E-state index in [1.807, 2.05) is 13.8 Å². The van der Waals surface area contributed by atoms with E-state index in [-0.39, 0.29) is 5.91 Å². The molecule has 1 aromatic carbocycles. The molecule has 21 heavy (non-hydrogen) atoms. The molecule has 0 radical (unpaired) electrons. The Morgan fingerprint density at radius 1 is 1.33 bits per heavy atom. The van der Waals surface area contributed by atoms with Crippen LogP contribution in [0.3, 0.4) is 0 Å². The molecule has 0 aliphatic rings. The van der Waals surface area contributed by atoms with Crippen LogP contribution in [-0.4, -0.2) is 11.1 Å². The second-order valence-corrected chi connectivity index (χ2v) is 5.52. The maximum absolute atomic E-state index is 12.0. The highest BCUT2D eigenvalue weighted by Crippen LogP contribution is 2.31. The molecular formula is C14H15Cl2N3O2. The van der Waals surface area contributed by atoms with Crippen molar-refractivity contribution in [3.05, 3.63) is 39.2 Å². The second-order valence-electron chi connectivity index (χ2n) is 4.70. The van der Waals surface area contributed by atoms with Crippen LogP contribution in [0.15, 0.2) is 16.7 Å². The molecule has 0 aliphatic heterocycles. The van der Waals surface area contributed by atoms with Gasteiger partial charge < -0.3 is 15.6 Å². The Morgan fingerprint density at radius 3 is 2.48 bits per heavy atom. The van der Waals surface area contributed by atoms with Crippen molar-refractivity contribution in [3.63, 3.8) is 0 Å². The summed E-state index contributed by atoms with van der Waals surface area (Å²) in [5.74, 6) is 0.589. The quantitative estimate of drug-likeness (QED) is 0.838. The van der Waals surface area contributed by atoms with Gasteiger partial charge in [-0.15, -0.1) is 0 Å². The molecule has 0 atom stereocenters. The summed E-state index contributed by atoms with van der Waals surface area (Å²) in [4.78, 5) is 12.0. The molecule has 3 N–H and O–H groups in total. The number of nitrogens with two attached hydrogens (primary N) is 1. The fourth-order valence-corrected chi connectivity index (χ4v) is 2.46. The number of rotatable bonds is 4. The molecule has 2 aromatic rings. The lowest BCUT2D eigenvalue weighted by Crippen LogP contribution is -2.13. The summed E-state index contributed by atoms with van der Waals surface area (Å²) < 4.78 is 5.06. The van der Waals surface area contributed by atoms with E-state index in [0.29, 0.717) is 34.3 Å². The number of aryl methyl sites for hydroxylation is 2. The number of nitrogen functional groups attached to an aromatic ring is 1. The Kier molecular flexibility index (Phi) is 4.75. The van der Waals surface area contributed by atoms with Crippen LogP contribution >= 0.6 is 23.2 Å². The SMILES string of the molecule is Cc1noc(C)c1CCC(=O)Nc1cc(Cl)c(N)c(Cl)c1. The lowest BCUT2D eigenvalue weighted by atomic mass is 10.1. The highest BCUT2D eigenvalue weighted by molar-refractivity contribution is 6.39. The van der Waals surface area contributed by atoms with Crippen molar-refractivity contribution < 1.29 is 9.32 Å². The maximum atomic E-state index is 12.0. The highest BCUT2D eigenvalue weighted by Gasteiger charge is 2.12. The number of nitrogens with one attached hydrogen (secondary N) is 1. The summed E-state index contributed by atoms with van der Waals surface area (Å²) in [5, 5.41) is 7.21. The third-order valence-electron chi connectivity index (χ3n) is 3.15. The van der Waals surface area contributed by atoms with E-state index in [4.69, 9.17) is 33.5 Å². The second kappa shape index (κ2) is 6.37. The Bertz CT molecular complexity index is 640. The summed E-state index contributed by atoms with van der Waals surface area (Å²) >= 11 is 11.8. The standard InChI is InChI=1S/C14H15Cl2N3O2/c1-7-10(8(2)21-19-7)3-4-13(20)18-9-5-11(15)14(17)12(16)6-9/h5-6H,3-4,17H2,1-2H3,(H,18,20). The molecule has 1 heterocycles. The summed E-state index contributed by atoms with van der Waals surface area (Å²) in [6.45, 7) is 3.68. The molecule has 0 aliphatic carbocycles. The van der Waals surface area contributed by atoms with Gasteiger partial charge in [0.15, 0.2) is 0 Å². The van der Waals surface area contributed by atoms with Gasteiger partial charge in [0.05, 0.1) is 21.4 Å². The number of aromatic nitrogens is 1. The molecule has 0 fully saturated rings. The third-order valence-corrected chi connectivity index (χ3v) is 3.77. The van der Waals surface area contributed by atoms with Gasteiger partial charge in [0.1, 0.15) is 5.76 Å². The lowest BCUT2D eigenvalue weighted by Gasteiger charge is -2.08. The van der Waals surface area contributed by atoms with Crippen LogP contribution in [-0.2, 0) is 11.2 Å². The zero-order valence-electron chi connectivity index (χ0n) is 11.7. The number of carbonyl (C=O) groups excluding carboxylic acids is 1. The van der Waals surface area contributed by atoms with E-state index in [2.05, 4.69) is 10.5 Å². The minimum atomic E-state index is -0.146. The Hall–Kier alpha value is -1.72. The number of nitrogens with zero attached hydrogens (tertiary/aromatic N) is 1. The van der Waals surface area contributed by atoms with E-state index in [1.165, 1.54) is 0 Å². The molecule has 0 bridgehead atoms. The van der Waals surface area contributed by atoms with Gasteiger partial charge in [0.25, 0.3) is 0 Å². The van der Waals surface area contributed by atoms with Gasteiger partial charge in [-0.1, -0.05) is 28.4 Å². The Morgan fingerprint density at radius 2 is 1.95 bits per heavy atom. The topological polar surface area (TPSA) is 81.2 Å². The summed E-state index contributed by atoms with van der Waals surface area (Å²) in [6.07, 6.45) is 0.867. The number of benzene rings is 1. The van der Waals surface area contributed by atoms with Crippen molar-refractivity contribution in [1.29, 1.82) is 0 Å². The average molecular weight is 328 g/mol. The number of hydrogen-bond donors (Lipinski definition) is 2. The van der Waals surface area contributed by atoms with Crippen LogP contribution in [0.5, 0.6) is 0 Å². The Balaban J connectivity index is 1.99. The number of amides is 1. The van der Waals surface area contributed by atoms with Gasteiger partial charge in [-0.2, -0.15) is 0 Å². The fraction of sp³-hybridized carbons (Fsp3) is 0.286. The van der Waals surface area contributed by atoms with Gasteiger partial charge in [0, 0.05) is 17.7 Å². The van der Waals surface area contributed by atoms with Crippen LogP contribution in [0.1, 0.15) is 23.4 Å². The molecular weight excluding hydrogens is 313 g/mol. The number of halogens is 2. The molecule has 2 rings (SSSR count). The maximum Gasteiger partial charge on any atom is 0.224 e. The van der Waals surface area contributed by atoms with Crippen LogP contribution in [0, 0.1) is 13.8 Å². The number of carbonyl (C=O) groups is 1. The van der Waals surface area contributed by atoms with Crippen molar-refractivity contribution in [3.8, 4) is 0 Å². The first-order valence-corrected chi connectivity index (χ1v) is 7.10. The third kappa shape index (κ3) is 3.68. The van der Waals surface area contributed by atoms with E-state index in [1.54, 1.807) is 12.1 Å². The molecule has 5 nitrogen and oxygen atoms in total. The first kappa shape index (κ1) is 15.7. The molecule has 1 aromatic heterocycles. The van der Waals surface area contributed by atoms with Crippen molar-refractivity contribution in [2.24, 2.45) is 0 Å². The minimum Gasteiger partial charge on any atom is -0.396 e. The smallest absolute Gasteiger partial charge is 0.224 e. The predicted octanol–water partition coefficient (Wildman–Crippen LogP) is 3.75.